The van der Waals surface area contributed by atoms with Gasteiger partial charge in [-0.25, -0.2) is 18.2 Å². The van der Waals surface area contributed by atoms with Crippen LogP contribution in [0.25, 0.3) is 0 Å². The number of amides is 2. The van der Waals surface area contributed by atoms with Crippen molar-refractivity contribution in [2.45, 2.75) is 83.8 Å². The summed E-state index contributed by atoms with van der Waals surface area (Å²) in [6.45, 7) is 7.00. The van der Waals surface area contributed by atoms with Crippen LogP contribution in [-0.2, 0) is 30.0 Å². The molecule has 230 valence electrons. The summed E-state index contributed by atoms with van der Waals surface area (Å²) in [5, 5.41) is 4.62. The highest BCUT2D eigenvalue weighted by molar-refractivity contribution is 7.89. The second-order valence-corrected chi connectivity index (χ2v) is 13.5. The van der Waals surface area contributed by atoms with Crippen molar-refractivity contribution < 1.29 is 13.2 Å². The van der Waals surface area contributed by atoms with Crippen LogP contribution in [0.3, 0.4) is 0 Å². The van der Waals surface area contributed by atoms with Gasteiger partial charge in [0.25, 0.3) is 0 Å². The Kier molecular flexibility index (Phi) is 12.6. The van der Waals surface area contributed by atoms with Gasteiger partial charge >= 0.3 is 6.03 Å². The lowest BCUT2D eigenvalue weighted by molar-refractivity contribution is 0.140. The molecule has 0 spiro atoms. The molecule has 1 aliphatic rings. The second kappa shape index (κ2) is 15.7. The molecule has 3 rings (SSSR count). The summed E-state index contributed by atoms with van der Waals surface area (Å²) in [4.78, 5) is 23.7. The Balaban J connectivity index is 1.77. The summed E-state index contributed by atoms with van der Waals surface area (Å²) >= 11 is 0. The Hall–Kier alpha value is -2.50. The highest BCUT2D eigenvalue weighted by Gasteiger charge is 2.32. The Morgan fingerprint density at radius 3 is 2.34 bits per heavy atom. The van der Waals surface area contributed by atoms with Crippen LogP contribution in [0.2, 0.25) is 0 Å². The average Bonchev–Trinajstić information content (AvgIpc) is 3.34. The zero-order chi connectivity index (χ0) is 30.0. The smallest absolute Gasteiger partial charge is 0.320 e. The fourth-order valence-electron chi connectivity index (χ4n) is 5.75. The molecule has 10 nitrogen and oxygen atoms in total. The molecule has 1 fully saturated rings. The molecule has 1 saturated carbocycles. The maximum absolute atomic E-state index is 13.5. The molecule has 1 aromatic carbocycles. The molecule has 0 radical (unpaired) electrons. The van der Waals surface area contributed by atoms with Gasteiger partial charge in [0.15, 0.2) is 5.82 Å². The van der Waals surface area contributed by atoms with Crippen LogP contribution in [0.15, 0.2) is 30.3 Å². The van der Waals surface area contributed by atoms with Gasteiger partial charge in [0, 0.05) is 34.2 Å². The van der Waals surface area contributed by atoms with E-state index in [0.717, 1.165) is 50.9 Å². The van der Waals surface area contributed by atoms with Gasteiger partial charge < -0.3 is 14.7 Å². The summed E-state index contributed by atoms with van der Waals surface area (Å²) in [6.07, 6.45) is 7.49. The molecule has 1 heterocycles. The highest BCUT2D eigenvalue weighted by atomic mass is 32.2. The van der Waals surface area contributed by atoms with Gasteiger partial charge in [0.2, 0.25) is 10.0 Å². The van der Waals surface area contributed by atoms with Crippen molar-refractivity contribution in [3.8, 4) is 0 Å². The van der Waals surface area contributed by atoms with E-state index >= 15 is 0 Å². The van der Waals surface area contributed by atoms with Gasteiger partial charge in [-0.15, -0.1) is 0 Å². The van der Waals surface area contributed by atoms with E-state index in [-0.39, 0.29) is 24.4 Å². The number of hydrogen-bond acceptors (Lipinski definition) is 6. The predicted molar refractivity (Wildman–Crippen MR) is 164 cm³/mol. The number of sulfonamides is 1. The minimum absolute atomic E-state index is 0.0422. The summed E-state index contributed by atoms with van der Waals surface area (Å²) < 4.78 is 30.2. The molecule has 0 saturated heterocycles. The first-order valence-electron chi connectivity index (χ1n) is 15.2. The minimum Gasteiger partial charge on any atom is -0.325 e. The normalized spacial score (nSPS) is 15.4. The zero-order valence-corrected chi connectivity index (χ0v) is 26.8. The fraction of sp³-hybridized carbons (Fsp3) is 0.700. The summed E-state index contributed by atoms with van der Waals surface area (Å²) in [7, 11) is 3.58. The van der Waals surface area contributed by atoms with Gasteiger partial charge in [0.1, 0.15) is 5.82 Å². The van der Waals surface area contributed by atoms with Crippen LogP contribution in [0.1, 0.15) is 82.0 Å². The quantitative estimate of drug-likeness (QED) is 0.308. The largest absolute Gasteiger partial charge is 0.325 e. The summed E-state index contributed by atoms with van der Waals surface area (Å²) in [5.74, 6) is 1.18. The zero-order valence-electron chi connectivity index (χ0n) is 26.0. The van der Waals surface area contributed by atoms with Crippen molar-refractivity contribution in [2.24, 2.45) is 7.05 Å². The molecule has 41 heavy (non-hydrogen) atoms. The molecule has 11 heteroatoms. The van der Waals surface area contributed by atoms with Crippen LogP contribution in [0, 0.1) is 0 Å². The monoisotopic (exact) mass is 589 g/mol. The molecule has 1 aromatic heterocycles. The number of carbonyl (C=O) groups excluding carboxylic acids is 1. The van der Waals surface area contributed by atoms with Crippen molar-refractivity contribution in [1.82, 2.24) is 33.8 Å². The Labute approximate surface area is 247 Å². The SMILES string of the molecule is CCN(CC)CCCS(=O)(=O)N(C)[C@H](CCc1ccccc1)c1nc(CN(C)C(=O)N(C)C2CCCCC2)nn1C. The minimum atomic E-state index is -3.54. The lowest BCUT2D eigenvalue weighted by Crippen LogP contribution is -2.45. The van der Waals surface area contributed by atoms with Crippen molar-refractivity contribution >= 4 is 16.1 Å². The van der Waals surface area contributed by atoms with Gasteiger partial charge in [-0.1, -0.05) is 63.4 Å². The topological polar surface area (TPSA) is 94.9 Å². The number of nitrogens with zero attached hydrogens (tertiary/aromatic N) is 7. The number of aromatic nitrogens is 3. The molecule has 2 aromatic rings. The molecule has 1 aliphatic carbocycles. The lowest BCUT2D eigenvalue weighted by atomic mass is 9.95. The van der Waals surface area contributed by atoms with E-state index in [0.29, 0.717) is 30.9 Å². The van der Waals surface area contributed by atoms with E-state index in [9.17, 15) is 13.2 Å². The highest BCUT2D eigenvalue weighted by Crippen LogP contribution is 2.27. The van der Waals surface area contributed by atoms with E-state index in [2.05, 4.69) is 36.0 Å². The summed E-state index contributed by atoms with van der Waals surface area (Å²) in [6, 6.07) is 9.83. The number of rotatable bonds is 15. The first kappa shape index (κ1) is 33.0. The Bertz CT molecular complexity index is 1180. The Morgan fingerprint density at radius 2 is 1.71 bits per heavy atom. The maximum atomic E-state index is 13.5. The van der Waals surface area contributed by atoms with E-state index in [1.807, 2.05) is 30.1 Å². The number of carbonyl (C=O) groups is 1. The molecule has 0 aliphatic heterocycles. The van der Waals surface area contributed by atoms with Crippen LogP contribution in [0.4, 0.5) is 4.79 Å². The third-order valence-electron chi connectivity index (χ3n) is 8.47. The number of hydrogen-bond donors (Lipinski definition) is 0. The molecule has 2 amide bonds. The number of aryl methyl sites for hydroxylation is 2. The predicted octanol–water partition coefficient (Wildman–Crippen LogP) is 4.30. The van der Waals surface area contributed by atoms with E-state index in [1.165, 1.54) is 10.7 Å². The molecule has 0 bridgehead atoms. The van der Waals surface area contributed by atoms with Crippen molar-refractivity contribution in [2.75, 3.05) is 46.5 Å². The average molecular weight is 590 g/mol. The van der Waals surface area contributed by atoms with E-state index in [1.54, 1.807) is 30.7 Å². The fourth-order valence-corrected chi connectivity index (χ4v) is 7.12. The molecule has 0 N–H and O–H groups in total. The second-order valence-electron chi connectivity index (χ2n) is 11.3. The van der Waals surface area contributed by atoms with Crippen molar-refractivity contribution in [3.63, 3.8) is 0 Å². The molecule has 1 atom stereocenters. The lowest BCUT2D eigenvalue weighted by Gasteiger charge is -2.33. The van der Waals surface area contributed by atoms with Crippen molar-refractivity contribution in [1.29, 1.82) is 0 Å². The van der Waals surface area contributed by atoms with Crippen molar-refractivity contribution in [3.05, 3.63) is 47.5 Å². The van der Waals surface area contributed by atoms with Gasteiger partial charge in [-0.2, -0.15) is 9.40 Å². The van der Waals surface area contributed by atoms with Gasteiger partial charge in [0.05, 0.1) is 18.3 Å². The third-order valence-corrected chi connectivity index (χ3v) is 10.4. The Morgan fingerprint density at radius 1 is 1.05 bits per heavy atom. The van der Waals surface area contributed by atoms with Crippen LogP contribution in [-0.4, -0.2) is 101 Å². The summed E-state index contributed by atoms with van der Waals surface area (Å²) in [5.41, 5.74) is 1.14. The standard InChI is InChI=1S/C30H51N7O3S/c1-7-37(8-2)22-15-23-41(39,40)36(6)27(21-20-25-16-11-9-12-17-25)29-31-28(32-35(29)5)24-33(3)30(38)34(4)26-18-13-10-14-19-26/h9,11-12,16-17,26-27H,7-8,10,13-15,18-24H2,1-6H3/t27-/m1/s1. The first-order valence-corrected chi connectivity index (χ1v) is 16.8. The maximum Gasteiger partial charge on any atom is 0.320 e. The number of benzene rings is 1. The van der Waals surface area contributed by atoms with Crippen LogP contribution >= 0.6 is 0 Å². The molecular formula is C30H51N7O3S. The van der Waals surface area contributed by atoms with Crippen LogP contribution < -0.4 is 0 Å². The number of urea groups is 1. The van der Waals surface area contributed by atoms with Gasteiger partial charge in [-0.05, 0) is 57.3 Å². The first-order chi connectivity index (χ1) is 19.6. The van der Waals surface area contributed by atoms with E-state index < -0.39 is 16.1 Å². The molecular weight excluding hydrogens is 538 g/mol. The van der Waals surface area contributed by atoms with Gasteiger partial charge in [-0.3, -0.25) is 4.68 Å². The van der Waals surface area contributed by atoms with E-state index in [4.69, 9.17) is 4.98 Å². The molecule has 0 unspecified atom stereocenters. The third kappa shape index (κ3) is 9.24. The van der Waals surface area contributed by atoms with Crippen LogP contribution in [0.5, 0.6) is 0 Å².